The van der Waals surface area contributed by atoms with Crippen molar-refractivity contribution in [2.24, 2.45) is 0 Å². The number of aryl methyl sites for hydroxylation is 1. The fourth-order valence-electron chi connectivity index (χ4n) is 4.94. The van der Waals surface area contributed by atoms with Gasteiger partial charge in [-0.05, 0) is 19.8 Å². The molecule has 6 heteroatoms. The summed E-state index contributed by atoms with van der Waals surface area (Å²) in [5.41, 5.74) is 2.11. The van der Waals surface area contributed by atoms with E-state index in [2.05, 4.69) is 36.5 Å². The molecule has 0 aromatic heterocycles. The van der Waals surface area contributed by atoms with Gasteiger partial charge in [-0.25, -0.2) is 9.69 Å². The number of rotatable bonds is 4. The Bertz CT molecular complexity index is 706. The van der Waals surface area contributed by atoms with E-state index in [1.54, 1.807) is 4.90 Å². The molecule has 0 radical (unpaired) electrons. The lowest BCUT2D eigenvalue weighted by molar-refractivity contribution is -1.02. The molecule has 1 aliphatic carbocycles. The van der Waals surface area contributed by atoms with E-state index in [9.17, 15) is 9.59 Å². The maximum Gasteiger partial charge on any atom is 0.329 e. The molecule has 2 heterocycles. The van der Waals surface area contributed by atoms with Gasteiger partial charge in [-0.15, -0.1) is 0 Å². The van der Waals surface area contributed by atoms with Gasteiger partial charge in [0.15, 0.2) is 6.67 Å². The number of imide groups is 1. The van der Waals surface area contributed by atoms with E-state index < -0.39 is 5.54 Å². The summed E-state index contributed by atoms with van der Waals surface area (Å²) in [6.45, 7) is 7.88. The topological polar surface area (TPSA) is 58.3 Å². The summed E-state index contributed by atoms with van der Waals surface area (Å²) in [6, 6.07) is 8.56. The molecule has 0 unspecified atom stereocenters. The van der Waals surface area contributed by atoms with Crippen molar-refractivity contribution in [1.82, 2.24) is 10.2 Å². The van der Waals surface area contributed by atoms with Crippen LogP contribution in [0.5, 0.6) is 0 Å². The van der Waals surface area contributed by atoms with Crippen molar-refractivity contribution in [3.05, 3.63) is 35.4 Å². The molecule has 1 aromatic rings. The number of carbonyl (C=O) groups is 2. The Labute approximate surface area is 161 Å². The molecule has 1 saturated carbocycles. The molecule has 3 amide bonds. The first-order valence-electron chi connectivity index (χ1n) is 10.4. The van der Waals surface area contributed by atoms with Crippen LogP contribution >= 0.6 is 0 Å². The number of nitrogens with one attached hydrogen (secondary N) is 3. The average Bonchev–Trinajstić information content (AvgIpc) is 2.88. The van der Waals surface area contributed by atoms with Gasteiger partial charge in [-0.1, -0.05) is 49.1 Å². The van der Waals surface area contributed by atoms with Gasteiger partial charge in [0.1, 0.15) is 38.3 Å². The molecule has 1 spiro atoms. The SMILES string of the molecule is Cc1cccc(C[NH+]2CC[NH+](CN3C(=O)NC4(CCCCC4)C3=O)CC2)c1. The normalized spacial score (nSPS) is 27.8. The summed E-state index contributed by atoms with van der Waals surface area (Å²) in [6.07, 6.45) is 4.85. The molecule has 3 N–H and O–H groups in total. The number of amides is 3. The van der Waals surface area contributed by atoms with Crippen molar-refractivity contribution in [3.63, 3.8) is 0 Å². The largest absolute Gasteiger partial charge is 0.329 e. The number of nitrogens with zero attached hydrogens (tertiary/aromatic N) is 1. The van der Waals surface area contributed by atoms with Crippen LogP contribution < -0.4 is 15.1 Å². The first-order valence-corrected chi connectivity index (χ1v) is 10.4. The average molecular weight is 373 g/mol. The van der Waals surface area contributed by atoms with Crippen LogP contribution in [-0.4, -0.2) is 55.2 Å². The standard InChI is InChI=1S/C21H30N4O2/c1-17-6-5-7-18(14-17)15-23-10-12-24(13-11-23)16-25-19(26)21(22-20(25)27)8-3-2-4-9-21/h5-7,14H,2-4,8-13,15-16H2,1H3,(H,22,27)/p+2. The second kappa shape index (κ2) is 7.60. The van der Waals surface area contributed by atoms with E-state index in [1.807, 2.05) is 0 Å². The highest BCUT2D eigenvalue weighted by molar-refractivity contribution is 6.06. The molecular formula is C21H32N4O2+2. The zero-order chi connectivity index (χ0) is 18.9. The van der Waals surface area contributed by atoms with Gasteiger partial charge in [0, 0.05) is 5.56 Å². The Kier molecular flexibility index (Phi) is 5.19. The summed E-state index contributed by atoms with van der Waals surface area (Å²) >= 11 is 0. The van der Waals surface area contributed by atoms with Crippen LogP contribution in [0.4, 0.5) is 4.79 Å². The number of piperazine rings is 1. The number of hydrogen-bond acceptors (Lipinski definition) is 2. The van der Waals surface area contributed by atoms with Crippen molar-refractivity contribution in [2.75, 3.05) is 32.8 Å². The molecule has 2 saturated heterocycles. The van der Waals surface area contributed by atoms with Crippen LogP contribution in [0.25, 0.3) is 0 Å². The first kappa shape index (κ1) is 18.4. The van der Waals surface area contributed by atoms with Gasteiger partial charge >= 0.3 is 6.03 Å². The second-order valence-corrected chi connectivity index (χ2v) is 8.63. The van der Waals surface area contributed by atoms with Gasteiger partial charge in [0.05, 0.1) is 0 Å². The van der Waals surface area contributed by atoms with Gasteiger partial charge in [-0.3, -0.25) is 4.79 Å². The van der Waals surface area contributed by atoms with E-state index >= 15 is 0 Å². The van der Waals surface area contributed by atoms with Crippen LogP contribution in [0, 0.1) is 6.92 Å². The van der Waals surface area contributed by atoms with Crippen molar-refractivity contribution in [3.8, 4) is 0 Å². The maximum atomic E-state index is 12.9. The molecule has 1 aromatic carbocycles. The highest BCUT2D eigenvalue weighted by Crippen LogP contribution is 2.33. The van der Waals surface area contributed by atoms with Crippen LogP contribution in [0.3, 0.4) is 0 Å². The highest BCUT2D eigenvalue weighted by atomic mass is 16.2. The summed E-state index contributed by atoms with van der Waals surface area (Å²) in [4.78, 5) is 29.8. The Morgan fingerprint density at radius 2 is 1.74 bits per heavy atom. The van der Waals surface area contributed by atoms with Crippen LogP contribution in [0.15, 0.2) is 24.3 Å². The highest BCUT2D eigenvalue weighted by Gasteiger charge is 2.52. The van der Waals surface area contributed by atoms with Crippen molar-refractivity contribution in [1.29, 1.82) is 0 Å². The van der Waals surface area contributed by atoms with E-state index in [0.29, 0.717) is 6.67 Å². The summed E-state index contributed by atoms with van der Waals surface area (Å²) < 4.78 is 0. The minimum atomic E-state index is -0.590. The summed E-state index contributed by atoms with van der Waals surface area (Å²) in [7, 11) is 0. The van der Waals surface area contributed by atoms with Crippen molar-refractivity contribution >= 4 is 11.9 Å². The van der Waals surface area contributed by atoms with Gasteiger partial charge < -0.3 is 15.1 Å². The molecule has 3 fully saturated rings. The minimum Gasteiger partial charge on any atom is -0.323 e. The number of hydrogen-bond donors (Lipinski definition) is 3. The predicted molar refractivity (Wildman–Crippen MR) is 102 cm³/mol. The monoisotopic (exact) mass is 372 g/mol. The first-order chi connectivity index (χ1) is 13.1. The molecule has 27 heavy (non-hydrogen) atoms. The van der Waals surface area contributed by atoms with Crippen LogP contribution in [0.1, 0.15) is 43.2 Å². The fourth-order valence-corrected chi connectivity index (χ4v) is 4.94. The third kappa shape index (κ3) is 3.87. The zero-order valence-corrected chi connectivity index (χ0v) is 16.4. The second-order valence-electron chi connectivity index (χ2n) is 8.63. The van der Waals surface area contributed by atoms with Gasteiger partial charge in [0.2, 0.25) is 0 Å². The molecular weight excluding hydrogens is 340 g/mol. The van der Waals surface area contributed by atoms with Gasteiger partial charge in [0.25, 0.3) is 5.91 Å². The van der Waals surface area contributed by atoms with Gasteiger partial charge in [-0.2, -0.15) is 0 Å². The van der Waals surface area contributed by atoms with E-state index in [0.717, 1.165) is 58.4 Å². The Morgan fingerprint density at radius 3 is 2.44 bits per heavy atom. The number of benzene rings is 1. The Balaban J connectivity index is 1.30. The van der Waals surface area contributed by atoms with Crippen molar-refractivity contribution < 1.29 is 19.4 Å². The smallest absolute Gasteiger partial charge is 0.323 e. The maximum absolute atomic E-state index is 12.9. The minimum absolute atomic E-state index is 0.0224. The van der Waals surface area contributed by atoms with Crippen LogP contribution in [0.2, 0.25) is 0 Å². The third-order valence-corrected chi connectivity index (χ3v) is 6.54. The van der Waals surface area contributed by atoms with E-state index in [4.69, 9.17) is 0 Å². The number of quaternary nitrogens is 2. The zero-order valence-electron chi connectivity index (χ0n) is 16.4. The van der Waals surface area contributed by atoms with Crippen LogP contribution in [-0.2, 0) is 11.3 Å². The molecule has 0 atom stereocenters. The molecule has 0 bridgehead atoms. The molecule has 146 valence electrons. The predicted octanol–water partition coefficient (Wildman–Crippen LogP) is -0.509. The van der Waals surface area contributed by atoms with E-state index in [-0.39, 0.29) is 11.9 Å². The molecule has 4 rings (SSSR count). The summed E-state index contributed by atoms with van der Waals surface area (Å²) in [5, 5.41) is 3.02. The molecule has 3 aliphatic rings. The van der Waals surface area contributed by atoms with E-state index in [1.165, 1.54) is 27.3 Å². The number of carbonyl (C=O) groups excluding carboxylic acids is 2. The number of urea groups is 1. The third-order valence-electron chi connectivity index (χ3n) is 6.54. The van der Waals surface area contributed by atoms with Crippen molar-refractivity contribution in [2.45, 2.75) is 51.1 Å². The fraction of sp³-hybridized carbons (Fsp3) is 0.619. The lowest BCUT2D eigenvalue weighted by Crippen LogP contribution is -3.28. The summed E-state index contributed by atoms with van der Waals surface area (Å²) in [5.74, 6) is 0.0224. The lowest BCUT2D eigenvalue weighted by atomic mass is 9.82. The molecule has 6 nitrogen and oxygen atoms in total. The molecule has 2 aliphatic heterocycles. The Morgan fingerprint density at radius 1 is 1.04 bits per heavy atom. The quantitative estimate of drug-likeness (QED) is 0.624. The Hall–Kier alpha value is -1.92. The lowest BCUT2D eigenvalue weighted by Gasteiger charge is -2.32.